The van der Waals surface area contributed by atoms with Crippen LogP contribution in [0, 0.1) is 10.1 Å². The highest BCUT2D eigenvalue weighted by Crippen LogP contribution is 2.22. The highest BCUT2D eigenvalue weighted by atomic mass is 16.6. The van der Waals surface area contributed by atoms with E-state index in [2.05, 4.69) is 10.2 Å². The second-order valence-corrected chi connectivity index (χ2v) is 6.65. The molecule has 0 radical (unpaired) electrons. The Bertz CT molecular complexity index is 1050. The van der Waals surface area contributed by atoms with Gasteiger partial charge in [0.2, 0.25) is 0 Å². The van der Waals surface area contributed by atoms with E-state index in [9.17, 15) is 19.7 Å². The summed E-state index contributed by atoms with van der Waals surface area (Å²) in [4.78, 5) is 38.3. The summed E-state index contributed by atoms with van der Waals surface area (Å²) in [6.45, 7) is 2.51. The van der Waals surface area contributed by atoms with Gasteiger partial charge in [-0.15, -0.1) is 0 Å². The monoisotopic (exact) mass is 410 g/mol. The number of rotatable bonds is 5. The predicted molar refractivity (Wildman–Crippen MR) is 107 cm³/mol. The third kappa shape index (κ3) is 4.02. The minimum Gasteiger partial charge on any atom is -0.459 e. The smallest absolute Gasteiger partial charge is 0.433 e. The summed E-state index contributed by atoms with van der Waals surface area (Å²) in [6, 6.07) is 12.9. The van der Waals surface area contributed by atoms with Crippen LogP contribution in [0.3, 0.4) is 0 Å². The molecule has 1 aliphatic heterocycles. The second-order valence-electron chi connectivity index (χ2n) is 6.65. The largest absolute Gasteiger partial charge is 0.459 e. The Kier molecular flexibility index (Phi) is 5.21. The topological polar surface area (TPSA) is 122 Å². The van der Waals surface area contributed by atoms with Crippen LogP contribution in [0.2, 0.25) is 0 Å². The summed E-state index contributed by atoms with van der Waals surface area (Å²) in [5, 5.41) is 13.3. The van der Waals surface area contributed by atoms with Gasteiger partial charge in [-0.05, 0) is 42.5 Å². The Morgan fingerprint density at radius 3 is 2.30 bits per heavy atom. The molecule has 1 aliphatic rings. The molecule has 3 heterocycles. The number of carbonyl (C=O) groups is 2. The van der Waals surface area contributed by atoms with Crippen LogP contribution in [0.4, 0.5) is 17.3 Å². The summed E-state index contributed by atoms with van der Waals surface area (Å²) in [5.41, 5.74) is 1.50. The molecule has 0 spiro atoms. The number of benzene rings is 1. The van der Waals surface area contributed by atoms with Gasteiger partial charge in [0.15, 0.2) is 11.5 Å². The van der Waals surface area contributed by atoms with Crippen LogP contribution in [-0.2, 0) is 0 Å². The molecule has 4 rings (SSSR count). The van der Waals surface area contributed by atoms with Gasteiger partial charge in [-0.2, -0.15) is 0 Å². The molecule has 1 aromatic carbocycles. The number of anilines is 2. The molecule has 2 aromatic heterocycles. The van der Waals surface area contributed by atoms with Crippen molar-refractivity contribution in [1.29, 1.82) is 0 Å². The number of piperazine rings is 1. The zero-order valence-corrected chi connectivity index (χ0v) is 15.8. The summed E-state index contributed by atoms with van der Waals surface area (Å²) in [7, 11) is 0. The molecule has 10 heteroatoms. The first kappa shape index (κ1) is 19.2. The first-order valence-electron chi connectivity index (χ1n) is 9.24. The first-order chi connectivity index (χ1) is 14.5. The zero-order valence-electron chi connectivity index (χ0n) is 15.8. The molecule has 1 fully saturated rings. The zero-order chi connectivity index (χ0) is 21.1. The fraction of sp³-hybridized carbons (Fsp3) is 0.200. The molecule has 0 bridgehead atoms. The molecule has 0 unspecified atom stereocenters. The minimum absolute atomic E-state index is 0.115. The van der Waals surface area contributed by atoms with Crippen LogP contribution in [0.1, 0.15) is 21.1 Å². The molecule has 30 heavy (non-hydrogen) atoms. The van der Waals surface area contributed by atoms with Crippen molar-refractivity contribution in [1.82, 2.24) is 4.90 Å². The van der Waals surface area contributed by atoms with Gasteiger partial charge in [-0.25, -0.2) is 0 Å². The minimum atomic E-state index is -0.701. The van der Waals surface area contributed by atoms with Gasteiger partial charge in [-0.3, -0.25) is 19.7 Å². The maximum atomic E-state index is 12.3. The van der Waals surface area contributed by atoms with Gasteiger partial charge in [0.25, 0.3) is 11.8 Å². The lowest BCUT2D eigenvalue weighted by atomic mass is 10.2. The first-order valence-corrected chi connectivity index (χ1v) is 9.24. The van der Waals surface area contributed by atoms with Crippen molar-refractivity contribution >= 4 is 29.1 Å². The molecule has 154 valence electrons. The molecule has 10 nitrogen and oxygen atoms in total. The number of hydrogen-bond donors (Lipinski definition) is 1. The van der Waals surface area contributed by atoms with Gasteiger partial charge in [0.05, 0.1) is 12.3 Å². The lowest BCUT2D eigenvalue weighted by Gasteiger charge is -2.35. The highest BCUT2D eigenvalue weighted by Gasteiger charge is 2.24. The predicted octanol–water partition coefficient (Wildman–Crippen LogP) is 3.00. The van der Waals surface area contributed by atoms with Gasteiger partial charge >= 0.3 is 5.88 Å². The maximum Gasteiger partial charge on any atom is 0.433 e. The molecular formula is C20H18N4O6. The molecule has 1 N–H and O–H groups in total. The third-order valence-corrected chi connectivity index (χ3v) is 4.78. The van der Waals surface area contributed by atoms with E-state index < -0.39 is 16.7 Å². The Morgan fingerprint density at radius 1 is 0.967 bits per heavy atom. The SMILES string of the molecule is O=C(Nc1ccc(N2CCN(C(=O)c3ccco3)CC2)cc1)c1ccc([N+](=O)[O-])o1. The number of hydrogen-bond acceptors (Lipinski definition) is 7. The van der Waals surface area contributed by atoms with E-state index in [1.807, 2.05) is 12.1 Å². The summed E-state index contributed by atoms with van der Waals surface area (Å²) in [6.07, 6.45) is 1.48. The summed E-state index contributed by atoms with van der Waals surface area (Å²) in [5.74, 6) is -0.967. The van der Waals surface area contributed by atoms with E-state index in [0.717, 1.165) is 11.8 Å². The normalized spacial score (nSPS) is 13.9. The van der Waals surface area contributed by atoms with Gasteiger partial charge < -0.3 is 24.0 Å². The van der Waals surface area contributed by atoms with Gasteiger partial charge in [0.1, 0.15) is 4.92 Å². The van der Waals surface area contributed by atoms with Crippen molar-refractivity contribution in [3.63, 3.8) is 0 Å². The van der Waals surface area contributed by atoms with Crippen LogP contribution in [0.25, 0.3) is 0 Å². The molecular weight excluding hydrogens is 392 g/mol. The quantitative estimate of drug-likeness (QED) is 0.507. The van der Waals surface area contributed by atoms with E-state index in [1.165, 1.54) is 12.3 Å². The molecule has 2 amide bonds. The van der Waals surface area contributed by atoms with E-state index in [1.54, 1.807) is 29.2 Å². The van der Waals surface area contributed by atoms with Crippen molar-refractivity contribution in [3.05, 3.63) is 76.4 Å². The number of carbonyl (C=O) groups excluding carboxylic acids is 2. The lowest BCUT2D eigenvalue weighted by molar-refractivity contribution is -0.402. The van der Waals surface area contributed by atoms with Crippen molar-refractivity contribution in [2.75, 3.05) is 36.4 Å². The van der Waals surface area contributed by atoms with Crippen LogP contribution < -0.4 is 10.2 Å². The van der Waals surface area contributed by atoms with Crippen LogP contribution in [0.15, 0.2) is 63.6 Å². The molecule has 0 saturated carbocycles. The van der Waals surface area contributed by atoms with E-state index in [4.69, 9.17) is 8.83 Å². The Labute approximate surface area is 170 Å². The van der Waals surface area contributed by atoms with Crippen LogP contribution in [0.5, 0.6) is 0 Å². The third-order valence-electron chi connectivity index (χ3n) is 4.78. The van der Waals surface area contributed by atoms with E-state index >= 15 is 0 Å². The average molecular weight is 410 g/mol. The second kappa shape index (κ2) is 8.11. The van der Waals surface area contributed by atoms with E-state index in [-0.39, 0.29) is 11.7 Å². The Balaban J connectivity index is 1.33. The molecule has 0 aliphatic carbocycles. The average Bonchev–Trinajstić information content (AvgIpc) is 3.46. The lowest BCUT2D eigenvalue weighted by Crippen LogP contribution is -2.48. The Morgan fingerprint density at radius 2 is 1.70 bits per heavy atom. The summed E-state index contributed by atoms with van der Waals surface area (Å²) < 4.78 is 10.1. The standard InChI is InChI=1S/C20H18N4O6/c25-19(16-7-8-18(30-16)24(27)28)21-14-3-5-15(6-4-14)22-9-11-23(12-10-22)20(26)17-2-1-13-29-17/h1-8,13H,9-12H2,(H,21,25). The number of amides is 2. The van der Waals surface area contributed by atoms with E-state index in [0.29, 0.717) is 37.6 Å². The number of nitrogens with one attached hydrogen (secondary N) is 1. The van der Waals surface area contributed by atoms with Crippen molar-refractivity contribution < 1.29 is 23.3 Å². The van der Waals surface area contributed by atoms with Crippen LogP contribution in [-0.4, -0.2) is 47.8 Å². The highest BCUT2D eigenvalue weighted by molar-refractivity contribution is 6.02. The molecule has 0 atom stereocenters. The van der Waals surface area contributed by atoms with Crippen molar-refractivity contribution in [3.8, 4) is 0 Å². The fourth-order valence-corrected chi connectivity index (χ4v) is 3.22. The van der Waals surface area contributed by atoms with Crippen molar-refractivity contribution in [2.24, 2.45) is 0 Å². The number of nitro groups is 1. The molecule has 1 saturated heterocycles. The maximum absolute atomic E-state index is 12.3. The fourth-order valence-electron chi connectivity index (χ4n) is 3.22. The summed E-state index contributed by atoms with van der Waals surface area (Å²) >= 11 is 0. The van der Waals surface area contributed by atoms with Gasteiger partial charge in [-0.1, -0.05) is 0 Å². The Hall–Kier alpha value is -4.08. The number of furan rings is 2. The van der Waals surface area contributed by atoms with Crippen molar-refractivity contribution in [2.45, 2.75) is 0 Å². The molecule has 3 aromatic rings. The number of nitrogens with zero attached hydrogens (tertiary/aromatic N) is 3. The van der Waals surface area contributed by atoms with Crippen LogP contribution >= 0.6 is 0 Å². The van der Waals surface area contributed by atoms with Gasteiger partial charge in [0, 0.05) is 37.6 Å².